The Labute approximate surface area is 106 Å². The molecule has 1 atom stereocenters. The van der Waals surface area contributed by atoms with Gasteiger partial charge in [-0.2, -0.15) is 0 Å². The molecule has 1 unspecified atom stereocenters. The number of fused-ring (bicyclic) bond motifs is 1. The van der Waals surface area contributed by atoms with Crippen molar-refractivity contribution < 1.29 is 4.79 Å². The van der Waals surface area contributed by atoms with E-state index in [1.165, 1.54) is 5.56 Å². The van der Waals surface area contributed by atoms with Gasteiger partial charge in [-0.25, -0.2) is 0 Å². The van der Waals surface area contributed by atoms with Crippen molar-refractivity contribution in [3.8, 4) is 0 Å². The van der Waals surface area contributed by atoms with E-state index < -0.39 is 0 Å². The minimum Gasteiger partial charge on any atom is -0.339 e. The number of benzene rings is 1. The molecule has 0 aliphatic carbocycles. The summed E-state index contributed by atoms with van der Waals surface area (Å²) in [5.41, 5.74) is 3.25. The van der Waals surface area contributed by atoms with Crippen LogP contribution in [-0.2, 0) is 4.79 Å². The summed E-state index contributed by atoms with van der Waals surface area (Å²) in [6.45, 7) is 2.01. The lowest BCUT2D eigenvalue weighted by Crippen LogP contribution is -2.22. The summed E-state index contributed by atoms with van der Waals surface area (Å²) >= 11 is 0. The lowest BCUT2D eigenvalue weighted by atomic mass is 9.99. The zero-order chi connectivity index (χ0) is 12.7. The summed E-state index contributed by atoms with van der Waals surface area (Å²) in [6, 6.07) is 10.5. The lowest BCUT2D eigenvalue weighted by Gasteiger charge is -2.22. The van der Waals surface area contributed by atoms with Gasteiger partial charge < -0.3 is 4.90 Å². The van der Waals surface area contributed by atoms with Crippen LogP contribution in [0.3, 0.4) is 0 Å². The van der Waals surface area contributed by atoms with Gasteiger partial charge in [0.2, 0.25) is 5.91 Å². The summed E-state index contributed by atoms with van der Waals surface area (Å²) in [6.07, 6.45) is 1.56. The molecule has 2 heterocycles. The van der Waals surface area contributed by atoms with Gasteiger partial charge in [0.15, 0.2) is 0 Å². The fraction of sp³-hybridized carbons (Fsp3) is 0.333. The Morgan fingerprint density at radius 2 is 2.11 bits per heavy atom. The summed E-state index contributed by atoms with van der Waals surface area (Å²) < 4.78 is 0. The Morgan fingerprint density at radius 3 is 2.83 bits per heavy atom. The standard InChI is InChI=1S/C15H16N2O/c1-10-9-12(14-7-8-15(18)17(14)2)11-5-3-4-6-13(11)16-10/h3-6,9,14H,7-8H2,1-2H3. The predicted octanol–water partition coefficient (Wildman–Crippen LogP) is 2.84. The summed E-state index contributed by atoms with van der Waals surface area (Å²) in [5, 5.41) is 1.16. The molecule has 92 valence electrons. The van der Waals surface area contributed by atoms with Crippen LogP contribution in [0, 0.1) is 6.92 Å². The molecule has 0 spiro atoms. The maximum absolute atomic E-state index is 11.7. The van der Waals surface area contributed by atoms with Crippen LogP contribution in [0.1, 0.15) is 30.1 Å². The first-order valence-corrected chi connectivity index (χ1v) is 6.29. The third-order valence-electron chi connectivity index (χ3n) is 3.73. The number of rotatable bonds is 1. The number of amides is 1. The van der Waals surface area contributed by atoms with E-state index in [9.17, 15) is 4.79 Å². The fourth-order valence-electron chi connectivity index (χ4n) is 2.78. The summed E-state index contributed by atoms with van der Waals surface area (Å²) in [5.74, 6) is 0.235. The Bertz CT molecular complexity index is 621. The van der Waals surface area contributed by atoms with E-state index in [0.717, 1.165) is 23.0 Å². The van der Waals surface area contributed by atoms with E-state index in [2.05, 4.69) is 17.1 Å². The fourth-order valence-corrected chi connectivity index (χ4v) is 2.78. The molecule has 0 bridgehead atoms. The second kappa shape index (κ2) is 4.09. The second-order valence-electron chi connectivity index (χ2n) is 4.93. The molecule has 1 saturated heterocycles. The number of likely N-dealkylation sites (tertiary alicyclic amines) is 1. The van der Waals surface area contributed by atoms with Gasteiger partial charge in [-0.3, -0.25) is 9.78 Å². The van der Waals surface area contributed by atoms with Crippen molar-refractivity contribution in [1.82, 2.24) is 9.88 Å². The molecule has 1 aliphatic rings. The van der Waals surface area contributed by atoms with Crippen LogP contribution >= 0.6 is 0 Å². The van der Waals surface area contributed by atoms with Crippen LogP contribution < -0.4 is 0 Å². The Kier molecular flexibility index (Phi) is 2.54. The molecule has 3 heteroatoms. The van der Waals surface area contributed by atoms with Crippen LogP contribution in [0.5, 0.6) is 0 Å². The molecular weight excluding hydrogens is 224 g/mol. The molecule has 0 N–H and O–H groups in total. The molecule has 1 fully saturated rings. The maximum atomic E-state index is 11.7. The number of aromatic nitrogens is 1. The van der Waals surface area contributed by atoms with Crippen molar-refractivity contribution >= 4 is 16.8 Å². The molecule has 1 aliphatic heterocycles. The van der Waals surface area contributed by atoms with E-state index in [1.54, 1.807) is 0 Å². The van der Waals surface area contributed by atoms with Gasteiger partial charge in [-0.1, -0.05) is 18.2 Å². The van der Waals surface area contributed by atoms with Crippen molar-refractivity contribution in [2.24, 2.45) is 0 Å². The molecule has 3 nitrogen and oxygen atoms in total. The monoisotopic (exact) mass is 240 g/mol. The molecular formula is C15H16N2O. The molecule has 0 radical (unpaired) electrons. The average molecular weight is 240 g/mol. The highest BCUT2D eigenvalue weighted by atomic mass is 16.2. The minimum absolute atomic E-state index is 0.198. The quantitative estimate of drug-likeness (QED) is 0.768. The van der Waals surface area contributed by atoms with Gasteiger partial charge in [0, 0.05) is 24.5 Å². The number of para-hydroxylation sites is 1. The van der Waals surface area contributed by atoms with Crippen molar-refractivity contribution in [1.29, 1.82) is 0 Å². The molecule has 3 rings (SSSR count). The van der Waals surface area contributed by atoms with Gasteiger partial charge in [0.1, 0.15) is 0 Å². The number of carbonyl (C=O) groups is 1. The first kappa shape index (κ1) is 11.2. The zero-order valence-corrected chi connectivity index (χ0v) is 10.7. The number of hydrogen-bond donors (Lipinski definition) is 0. The van der Waals surface area contributed by atoms with Gasteiger partial charge in [-0.05, 0) is 31.0 Å². The zero-order valence-electron chi connectivity index (χ0n) is 10.7. The van der Waals surface area contributed by atoms with Crippen LogP contribution in [0.2, 0.25) is 0 Å². The normalized spacial score (nSPS) is 19.8. The Balaban J connectivity index is 2.19. The van der Waals surface area contributed by atoms with E-state index in [1.807, 2.05) is 37.1 Å². The van der Waals surface area contributed by atoms with Gasteiger partial charge in [-0.15, -0.1) is 0 Å². The van der Waals surface area contributed by atoms with Crippen LogP contribution in [0.25, 0.3) is 10.9 Å². The topological polar surface area (TPSA) is 33.2 Å². The maximum Gasteiger partial charge on any atom is 0.222 e. The predicted molar refractivity (Wildman–Crippen MR) is 71.2 cm³/mol. The third-order valence-corrected chi connectivity index (χ3v) is 3.73. The number of nitrogens with zero attached hydrogens (tertiary/aromatic N) is 2. The van der Waals surface area contributed by atoms with E-state index in [0.29, 0.717) is 6.42 Å². The highest BCUT2D eigenvalue weighted by molar-refractivity contribution is 5.85. The van der Waals surface area contributed by atoms with E-state index in [4.69, 9.17) is 0 Å². The molecule has 2 aromatic rings. The van der Waals surface area contributed by atoms with Crippen molar-refractivity contribution in [2.45, 2.75) is 25.8 Å². The SMILES string of the molecule is Cc1cc(C2CCC(=O)N2C)c2ccccc2n1. The number of aryl methyl sites for hydroxylation is 1. The van der Waals surface area contributed by atoms with Crippen molar-refractivity contribution in [3.63, 3.8) is 0 Å². The molecule has 0 saturated carbocycles. The van der Waals surface area contributed by atoms with Crippen LogP contribution in [0.15, 0.2) is 30.3 Å². The number of carbonyl (C=O) groups excluding carboxylic acids is 1. The Hall–Kier alpha value is -1.90. The number of pyridine rings is 1. The van der Waals surface area contributed by atoms with Crippen molar-refractivity contribution in [2.75, 3.05) is 7.05 Å². The smallest absolute Gasteiger partial charge is 0.222 e. The molecule has 1 amide bonds. The summed E-state index contributed by atoms with van der Waals surface area (Å²) in [4.78, 5) is 18.1. The highest BCUT2D eigenvalue weighted by Gasteiger charge is 2.30. The van der Waals surface area contributed by atoms with E-state index >= 15 is 0 Å². The first-order valence-electron chi connectivity index (χ1n) is 6.29. The van der Waals surface area contributed by atoms with Crippen LogP contribution in [-0.4, -0.2) is 22.8 Å². The van der Waals surface area contributed by atoms with Gasteiger partial charge in [0.25, 0.3) is 0 Å². The van der Waals surface area contributed by atoms with Crippen LogP contribution in [0.4, 0.5) is 0 Å². The second-order valence-corrected chi connectivity index (χ2v) is 4.93. The highest BCUT2D eigenvalue weighted by Crippen LogP contribution is 2.35. The Morgan fingerprint density at radius 1 is 1.33 bits per heavy atom. The number of hydrogen-bond acceptors (Lipinski definition) is 2. The average Bonchev–Trinajstić information content (AvgIpc) is 2.69. The van der Waals surface area contributed by atoms with Gasteiger partial charge >= 0.3 is 0 Å². The van der Waals surface area contributed by atoms with E-state index in [-0.39, 0.29) is 11.9 Å². The lowest BCUT2D eigenvalue weighted by molar-refractivity contribution is -0.127. The van der Waals surface area contributed by atoms with Gasteiger partial charge in [0.05, 0.1) is 11.6 Å². The van der Waals surface area contributed by atoms with Crippen molar-refractivity contribution in [3.05, 3.63) is 41.6 Å². The minimum atomic E-state index is 0.198. The summed E-state index contributed by atoms with van der Waals surface area (Å²) in [7, 11) is 1.89. The first-order chi connectivity index (χ1) is 8.66. The molecule has 1 aromatic heterocycles. The third kappa shape index (κ3) is 1.67. The largest absolute Gasteiger partial charge is 0.339 e. The molecule has 18 heavy (non-hydrogen) atoms. The molecule has 1 aromatic carbocycles.